The van der Waals surface area contributed by atoms with E-state index in [2.05, 4.69) is 80.4 Å². The molecule has 4 rings (SSSR count). The Kier molecular flexibility index (Phi) is 1.97. The van der Waals surface area contributed by atoms with Gasteiger partial charge in [0.05, 0.1) is 3.23 Å². The van der Waals surface area contributed by atoms with Crippen molar-refractivity contribution in [3.05, 3.63) is 59.7 Å². The highest BCUT2D eigenvalue weighted by molar-refractivity contribution is 9.25. The van der Waals surface area contributed by atoms with Crippen LogP contribution >= 0.6 is 31.9 Å². The smallest absolute Gasteiger partial charge is 0.0713 e. The van der Waals surface area contributed by atoms with E-state index < -0.39 is 0 Å². The molecule has 0 radical (unpaired) electrons. The van der Waals surface area contributed by atoms with Crippen molar-refractivity contribution in [2.75, 3.05) is 0 Å². The van der Waals surface area contributed by atoms with Crippen molar-refractivity contribution < 1.29 is 0 Å². The van der Waals surface area contributed by atoms with Crippen molar-refractivity contribution in [3.8, 4) is 11.1 Å². The van der Waals surface area contributed by atoms with Gasteiger partial charge in [-0.05, 0) is 22.3 Å². The molecule has 17 heavy (non-hydrogen) atoms. The molecule has 2 aliphatic carbocycles. The van der Waals surface area contributed by atoms with Crippen LogP contribution in [0.1, 0.15) is 23.0 Å². The summed E-state index contributed by atoms with van der Waals surface area (Å²) in [4.78, 5) is 0. The Labute approximate surface area is 117 Å². The van der Waals surface area contributed by atoms with E-state index in [0.29, 0.717) is 11.8 Å². The largest absolute Gasteiger partial charge is 0.0955 e. The van der Waals surface area contributed by atoms with Crippen LogP contribution in [0.2, 0.25) is 0 Å². The zero-order chi connectivity index (χ0) is 11.6. The van der Waals surface area contributed by atoms with Crippen LogP contribution in [-0.4, -0.2) is 3.23 Å². The normalized spacial score (nSPS) is 26.7. The highest BCUT2D eigenvalue weighted by atomic mass is 79.9. The van der Waals surface area contributed by atoms with Gasteiger partial charge in [-0.25, -0.2) is 0 Å². The summed E-state index contributed by atoms with van der Waals surface area (Å²) in [7, 11) is 0. The van der Waals surface area contributed by atoms with E-state index in [0.717, 1.165) is 0 Å². The van der Waals surface area contributed by atoms with Crippen LogP contribution in [0.4, 0.5) is 0 Å². The molecular formula is C15H10Br2. The number of benzene rings is 2. The number of alkyl halides is 2. The third-order valence-corrected chi connectivity index (χ3v) is 5.91. The maximum atomic E-state index is 3.84. The number of hydrogen-bond donors (Lipinski definition) is 0. The van der Waals surface area contributed by atoms with Gasteiger partial charge in [-0.3, -0.25) is 0 Å². The van der Waals surface area contributed by atoms with Crippen LogP contribution in [-0.2, 0) is 0 Å². The Morgan fingerprint density at radius 1 is 0.706 bits per heavy atom. The quantitative estimate of drug-likeness (QED) is 0.585. The highest BCUT2D eigenvalue weighted by Crippen LogP contribution is 2.75. The van der Waals surface area contributed by atoms with Gasteiger partial charge in [0.2, 0.25) is 0 Å². The van der Waals surface area contributed by atoms with Gasteiger partial charge in [-0.2, -0.15) is 0 Å². The highest BCUT2D eigenvalue weighted by Gasteiger charge is 2.65. The van der Waals surface area contributed by atoms with Crippen molar-refractivity contribution in [1.29, 1.82) is 0 Å². The first-order chi connectivity index (χ1) is 8.21. The SMILES string of the molecule is BrC1(Br)C2c3ccccc3-c3ccccc3C21. The second-order valence-corrected chi connectivity index (χ2v) is 8.49. The van der Waals surface area contributed by atoms with Gasteiger partial charge in [0.25, 0.3) is 0 Å². The molecule has 2 aliphatic rings. The minimum atomic E-state index is 0.0582. The Morgan fingerprint density at radius 2 is 1.12 bits per heavy atom. The van der Waals surface area contributed by atoms with Gasteiger partial charge >= 0.3 is 0 Å². The first-order valence-electron chi connectivity index (χ1n) is 5.77. The maximum Gasteiger partial charge on any atom is 0.0955 e. The average molecular weight is 350 g/mol. The fraction of sp³-hybridized carbons (Fsp3) is 0.200. The summed E-state index contributed by atoms with van der Waals surface area (Å²) in [6.45, 7) is 0. The summed E-state index contributed by atoms with van der Waals surface area (Å²) in [5, 5.41) is 0. The van der Waals surface area contributed by atoms with Gasteiger partial charge in [-0.15, -0.1) is 0 Å². The molecule has 0 N–H and O–H groups in total. The number of fused-ring (bicyclic) bond motifs is 6. The molecule has 1 saturated carbocycles. The standard InChI is InChI=1S/C15H10Br2/c16-15(17)13-11-7-3-1-5-9(11)10-6-2-4-8-12(10)14(13)15/h1-8,13-14H. The lowest BCUT2D eigenvalue weighted by Crippen LogP contribution is -1.98. The minimum Gasteiger partial charge on any atom is -0.0713 e. The molecule has 0 aliphatic heterocycles. The van der Waals surface area contributed by atoms with Gasteiger partial charge in [0.1, 0.15) is 0 Å². The molecule has 0 saturated heterocycles. The molecule has 84 valence electrons. The van der Waals surface area contributed by atoms with E-state index in [-0.39, 0.29) is 3.23 Å². The summed E-state index contributed by atoms with van der Waals surface area (Å²) in [6.07, 6.45) is 0. The monoisotopic (exact) mass is 348 g/mol. The van der Waals surface area contributed by atoms with Crippen LogP contribution < -0.4 is 0 Å². The zero-order valence-electron chi connectivity index (χ0n) is 9.03. The van der Waals surface area contributed by atoms with Crippen LogP contribution in [0.3, 0.4) is 0 Å². The Morgan fingerprint density at radius 3 is 1.59 bits per heavy atom. The molecule has 0 heterocycles. The van der Waals surface area contributed by atoms with E-state index >= 15 is 0 Å². The van der Waals surface area contributed by atoms with Crippen molar-refractivity contribution in [3.63, 3.8) is 0 Å². The average Bonchev–Trinajstić information content (AvgIpc) is 2.94. The molecule has 0 nitrogen and oxygen atoms in total. The molecule has 2 aromatic carbocycles. The van der Waals surface area contributed by atoms with Crippen LogP contribution in [0, 0.1) is 0 Å². The van der Waals surface area contributed by atoms with Gasteiger partial charge in [0.15, 0.2) is 0 Å². The van der Waals surface area contributed by atoms with E-state index in [1.807, 2.05) is 0 Å². The molecule has 0 bridgehead atoms. The summed E-state index contributed by atoms with van der Waals surface area (Å²) >= 11 is 7.67. The van der Waals surface area contributed by atoms with Crippen molar-refractivity contribution in [1.82, 2.24) is 0 Å². The summed E-state index contributed by atoms with van der Waals surface area (Å²) in [5.41, 5.74) is 5.71. The zero-order valence-corrected chi connectivity index (χ0v) is 12.2. The van der Waals surface area contributed by atoms with Crippen molar-refractivity contribution >= 4 is 31.9 Å². The lowest BCUT2D eigenvalue weighted by atomic mass is 9.86. The molecule has 0 amide bonds. The summed E-state index contributed by atoms with van der Waals surface area (Å²) in [6, 6.07) is 17.5. The Hall–Kier alpha value is -0.600. The summed E-state index contributed by atoms with van der Waals surface area (Å²) in [5.74, 6) is 1.13. The third-order valence-electron chi connectivity index (χ3n) is 3.94. The van der Waals surface area contributed by atoms with E-state index in [1.54, 1.807) is 0 Å². The Balaban J connectivity index is 2.07. The first kappa shape index (κ1) is 10.3. The fourth-order valence-electron chi connectivity index (χ4n) is 3.13. The molecule has 2 aromatic rings. The van der Waals surface area contributed by atoms with Crippen LogP contribution in [0.15, 0.2) is 48.5 Å². The predicted molar refractivity (Wildman–Crippen MR) is 77.9 cm³/mol. The molecule has 0 aromatic heterocycles. The number of rotatable bonds is 0. The molecule has 2 atom stereocenters. The predicted octanol–water partition coefficient (Wildman–Crippen LogP) is 5.03. The van der Waals surface area contributed by atoms with Crippen LogP contribution in [0.5, 0.6) is 0 Å². The fourth-order valence-corrected chi connectivity index (χ4v) is 4.91. The molecule has 2 unspecified atom stereocenters. The van der Waals surface area contributed by atoms with E-state index in [9.17, 15) is 0 Å². The van der Waals surface area contributed by atoms with E-state index in [4.69, 9.17) is 0 Å². The van der Waals surface area contributed by atoms with Crippen molar-refractivity contribution in [2.45, 2.75) is 15.1 Å². The van der Waals surface area contributed by atoms with Gasteiger partial charge in [0, 0.05) is 11.8 Å². The molecular weight excluding hydrogens is 340 g/mol. The molecule has 1 fully saturated rings. The van der Waals surface area contributed by atoms with Gasteiger partial charge < -0.3 is 0 Å². The van der Waals surface area contributed by atoms with Crippen molar-refractivity contribution in [2.24, 2.45) is 0 Å². The van der Waals surface area contributed by atoms with Crippen LogP contribution in [0.25, 0.3) is 11.1 Å². The number of halogens is 2. The Bertz CT molecular complexity index is 562. The maximum absolute atomic E-state index is 3.84. The topological polar surface area (TPSA) is 0 Å². The second kappa shape index (κ2) is 3.24. The third kappa shape index (κ3) is 1.23. The number of hydrogen-bond acceptors (Lipinski definition) is 0. The lowest BCUT2D eigenvalue weighted by molar-refractivity contribution is 1.01. The second-order valence-electron chi connectivity index (χ2n) is 4.80. The minimum absolute atomic E-state index is 0.0582. The molecule has 2 heteroatoms. The van der Waals surface area contributed by atoms with Gasteiger partial charge in [-0.1, -0.05) is 80.4 Å². The van der Waals surface area contributed by atoms with E-state index in [1.165, 1.54) is 22.3 Å². The molecule has 0 spiro atoms. The first-order valence-corrected chi connectivity index (χ1v) is 7.36. The lowest BCUT2D eigenvalue weighted by Gasteiger charge is -2.18. The summed E-state index contributed by atoms with van der Waals surface area (Å²) < 4.78 is 0.0582.